The van der Waals surface area contributed by atoms with E-state index in [0.29, 0.717) is 11.4 Å². The molecule has 0 saturated heterocycles. The molecule has 0 aromatic carbocycles. The van der Waals surface area contributed by atoms with Gasteiger partial charge in [-0.1, -0.05) is 20.8 Å². The van der Waals surface area contributed by atoms with Crippen LogP contribution in [0.3, 0.4) is 0 Å². The minimum Gasteiger partial charge on any atom is -0.465 e. The molecule has 0 bridgehead atoms. The second kappa shape index (κ2) is 3.88. The quantitative estimate of drug-likeness (QED) is 0.746. The predicted molar refractivity (Wildman–Crippen MR) is 59.3 cm³/mol. The number of aromatic nitrogens is 1. The van der Waals surface area contributed by atoms with Crippen LogP contribution in [-0.2, 0) is 5.41 Å². The van der Waals surface area contributed by atoms with E-state index in [1.165, 1.54) is 0 Å². The van der Waals surface area contributed by atoms with Gasteiger partial charge in [0.2, 0.25) is 0 Å². The highest BCUT2D eigenvalue weighted by molar-refractivity contribution is 5.83. The molecule has 0 aliphatic heterocycles. The van der Waals surface area contributed by atoms with Gasteiger partial charge in [-0.2, -0.15) is 0 Å². The lowest BCUT2D eigenvalue weighted by molar-refractivity contribution is 0.209. The summed E-state index contributed by atoms with van der Waals surface area (Å²) in [7, 11) is 0. The van der Waals surface area contributed by atoms with Crippen molar-refractivity contribution in [2.45, 2.75) is 33.1 Å². The molecule has 2 N–H and O–H groups in total. The Labute approximate surface area is 89.3 Å². The molecule has 4 heteroatoms. The van der Waals surface area contributed by atoms with Crippen molar-refractivity contribution in [2.24, 2.45) is 0 Å². The highest BCUT2D eigenvalue weighted by atomic mass is 16.4. The summed E-state index contributed by atoms with van der Waals surface area (Å²) in [6.07, 6.45) is 0.716. The highest BCUT2D eigenvalue weighted by Crippen LogP contribution is 2.25. The van der Waals surface area contributed by atoms with Crippen molar-refractivity contribution in [3.63, 3.8) is 0 Å². The molecule has 0 radical (unpaired) electrons. The van der Waals surface area contributed by atoms with E-state index in [1.54, 1.807) is 13.1 Å². The van der Waals surface area contributed by atoms with E-state index >= 15 is 0 Å². The molecule has 0 fully saturated rings. The van der Waals surface area contributed by atoms with Crippen molar-refractivity contribution in [1.82, 2.24) is 4.98 Å². The van der Waals surface area contributed by atoms with Crippen LogP contribution in [0.2, 0.25) is 0 Å². The summed E-state index contributed by atoms with van der Waals surface area (Å²) in [5.74, 6) is 0. The summed E-state index contributed by atoms with van der Waals surface area (Å²) in [4.78, 5) is 14.7. The van der Waals surface area contributed by atoms with E-state index in [-0.39, 0.29) is 5.41 Å². The molecule has 0 unspecified atom stereocenters. The molecule has 82 valence electrons. The van der Waals surface area contributed by atoms with Crippen molar-refractivity contribution < 1.29 is 9.90 Å². The molecule has 1 aromatic heterocycles. The van der Waals surface area contributed by atoms with Crippen LogP contribution < -0.4 is 5.32 Å². The summed E-state index contributed by atoms with van der Waals surface area (Å²) in [5.41, 5.74) is 2.22. The Kier molecular flexibility index (Phi) is 2.98. The number of carbonyl (C=O) groups is 1. The summed E-state index contributed by atoms with van der Waals surface area (Å²) in [6.45, 7) is 7.95. The van der Waals surface area contributed by atoms with Gasteiger partial charge in [0.25, 0.3) is 0 Å². The zero-order chi connectivity index (χ0) is 11.6. The Balaban J connectivity index is 3.11. The van der Waals surface area contributed by atoms with Gasteiger partial charge in [-0.05, 0) is 24.0 Å². The number of aryl methyl sites for hydroxylation is 1. The van der Waals surface area contributed by atoms with E-state index in [1.807, 2.05) is 6.07 Å². The zero-order valence-electron chi connectivity index (χ0n) is 9.46. The number of nitrogens with one attached hydrogen (secondary N) is 1. The van der Waals surface area contributed by atoms with Gasteiger partial charge >= 0.3 is 6.09 Å². The molecule has 15 heavy (non-hydrogen) atoms. The zero-order valence-corrected chi connectivity index (χ0v) is 9.46. The number of rotatable bonds is 1. The maximum atomic E-state index is 10.5. The number of hydrogen-bond acceptors (Lipinski definition) is 2. The Morgan fingerprint density at radius 2 is 2.07 bits per heavy atom. The van der Waals surface area contributed by atoms with Crippen LogP contribution >= 0.6 is 0 Å². The number of amides is 1. The summed E-state index contributed by atoms with van der Waals surface area (Å²) in [6, 6.07) is 1.83. The monoisotopic (exact) mass is 208 g/mol. The van der Waals surface area contributed by atoms with E-state index in [9.17, 15) is 4.79 Å². The average molecular weight is 208 g/mol. The number of nitrogens with zero attached hydrogens (tertiary/aromatic N) is 1. The molecule has 1 aromatic rings. The maximum Gasteiger partial charge on any atom is 0.409 e. The van der Waals surface area contributed by atoms with Gasteiger partial charge < -0.3 is 5.11 Å². The lowest BCUT2D eigenvalue weighted by Crippen LogP contribution is -2.15. The van der Waals surface area contributed by atoms with Crippen LogP contribution in [0.4, 0.5) is 10.5 Å². The van der Waals surface area contributed by atoms with Crippen molar-refractivity contribution in [3.8, 4) is 0 Å². The van der Waals surface area contributed by atoms with Crippen LogP contribution in [0.1, 0.15) is 32.0 Å². The van der Waals surface area contributed by atoms with Crippen LogP contribution in [0.25, 0.3) is 0 Å². The van der Waals surface area contributed by atoms with Gasteiger partial charge in [0, 0.05) is 6.20 Å². The molecule has 1 rings (SSSR count). The Morgan fingerprint density at radius 3 is 2.53 bits per heavy atom. The van der Waals surface area contributed by atoms with Gasteiger partial charge in [-0.25, -0.2) is 4.79 Å². The maximum absolute atomic E-state index is 10.5. The first-order chi connectivity index (χ1) is 6.80. The van der Waals surface area contributed by atoms with Gasteiger partial charge in [0.15, 0.2) is 0 Å². The molecular weight excluding hydrogens is 192 g/mol. The van der Waals surface area contributed by atoms with Gasteiger partial charge in [-0.15, -0.1) is 0 Å². The first-order valence-electron chi connectivity index (χ1n) is 4.78. The molecular formula is C11H16N2O2. The van der Waals surface area contributed by atoms with Crippen LogP contribution in [-0.4, -0.2) is 16.2 Å². The normalized spacial score (nSPS) is 11.2. The highest BCUT2D eigenvalue weighted by Gasteiger charge is 2.16. The number of carboxylic acid groups (broad SMARTS) is 1. The minimum atomic E-state index is -1.06. The lowest BCUT2D eigenvalue weighted by atomic mass is 9.88. The number of anilines is 1. The van der Waals surface area contributed by atoms with Gasteiger partial charge in [0.1, 0.15) is 0 Å². The molecule has 0 saturated carbocycles. The Bertz CT molecular complexity index is 381. The largest absolute Gasteiger partial charge is 0.465 e. The van der Waals surface area contributed by atoms with E-state index in [2.05, 4.69) is 31.1 Å². The third kappa shape index (κ3) is 2.94. The second-order valence-corrected chi connectivity index (χ2v) is 4.54. The molecule has 1 amide bonds. The first kappa shape index (κ1) is 11.5. The standard InChI is InChI=1S/C11H16N2O2/c1-7-9(13-10(14)15)5-8(6-12-7)11(2,3)4/h5-6,13H,1-4H3,(H,14,15). The first-order valence-corrected chi connectivity index (χ1v) is 4.78. The summed E-state index contributed by atoms with van der Waals surface area (Å²) < 4.78 is 0. The molecule has 0 aliphatic carbocycles. The SMILES string of the molecule is Cc1ncc(C(C)(C)C)cc1NC(=O)O. The van der Waals surface area contributed by atoms with Gasteiger partial charge in [0.05, 0.1) is 11.4 Å². The Hall–Kier alpha value is -1.58. The van der Waals surface area contributed by atoms with Crippen molar-refractivity contribution >= 4 is 11.8 Å². The summed E-state index contributed by atoms with van der Waals surface area (Å²) in [5, 5.41) is 11.0. The van der Waals surface area contributed by atoms with Crippen LogP contribution in [0.15, 0.2) is 12.3 Å². The molecule has 1 heterocycles. The minimum absolute atomic E-state index is 0.0321. The Morgan fingerprint density at radius 1 is 1.47 bits per heavy atom. The molecule has 0 atom stereocenters. The smallest absolute Gasteiger partial charge is 0.409 e. The van der Waals surface area contributed by atoms with E-state index in [4.69, 9.17) is 5.11 Å². The number of pyridine rings is 1. The third-order valence-electron chi connectivity index (χ3n) is 2.19. The molecule has 4 nitrogen and oxygen atoms in total. The van der Waals surface area contributed by atoms with Gasteiger partial charge in [-0.3, -0.25) is 10.3 Å². The topological polar surface area (TPSA) is 62.2 Å². The predicted octanol–water partition coefficient (Wildman–Crippen LogP) is 2.78. The van der Waals surface area contributed by atoms with E-state index in [0.717, 1.165) is 5.56 Å². The fourth-order valence-corrected chi connectivity index (χ4v) is 1.19. The lowest BCUT2D eigenvalue weighted by Gasteiger charge is -2.19. The second-order valence-electron chi connectivity index (χ2n) is 4.54. The van der Waals surface area contributed by atoms with Crippen molar-refractivity contribution in [1.29, 1.82) is 0 Å². The molecule has 0 spiro atoms. The van der Waals surface area contributed by atoms with Crippen LogP contribution in [0.5, 0.6) is 0 Å². The third-order valence-corrected chi connectivity index (χ3v) is 2.19. The van der Waals surface area contributed by atoms with Crippen molar-refractivity contribution in [2.75, 3.05) is 5.32 Å². The number of hydrogen-bond donors (Lipinski definition) is 2. The summed E-state index contributed by atoms with van der Waals surface area (Å²) >= 11 is 0. The fraction of sp³-hybridized carbons (Fsp3) is 0.455. The fourth-order valence-electron chi connectivity index (χ4n) is 1.19. The van der Waals surface area contributed by atoms with E-state index < -0.39 is 6.09 Å². The van der Waals surface area contributed by atoms with Crippen molar-refractivity contribution in [3.05, 3.63) is 23.5 Å². The average Bonchev–Trinajstić information content (AvgIpc) is 2.06. The molecule has 0 aliphatic rings. The van der Waals surface area contributed by atoms with Crippen LogP contribution in [0, 0.1) is 6.92 Å².